The highest BCUT2D eigenvalue weighted by Crippen LogP contribution is 2.15. The number of carboxylic acids is 1. The normalized spacial score (nSPS) is 14.3. The van der Waals surface area contributed by atoms with E-state index in [9.17, 15) is 19.1 Å². The number of rotatable bonds is 5. The van der Waals surface area contributed by atoms with Gasteiger partial charge in [-0.15, -0.1) is 0 Å². The van der Waals surface area contributed by atoms with Crippen molar-refractivity contribution in [3.8, 4) is 0 Å². The number of aliphatic carboxylic acids is 1. The number of benzene rings is 1. The molecule has 0 aliphatic heterocycles. The molecular weight excluding hydrogens is 262 g/mol. The maximum atomic E-state index is 11.6. The van der Waals surface area contributed by atoms with Gasteiger partial charge >= 0.3 is 5.97 Å². The van der Waals surface area contributed by atoms with Crippen LogP contribution in [0.3, 0.4) is 0 Å². The van der Waals surface area contributed by atoms with E-state index in [4.69, 9.17) is 10.2 Å². The Morgan fingerprint density at radius 3 is 2.39 bits per heavy atom. The van der Waals surface area contributed by atoms with Crippen LogP contribution < -0.4 is 0 Å². The third-order valence-electron chi connectivity index (χ3n) is 1.92. The Morgan fingerprint density at radius 1 is 1.39 bits per heavy atom. The van der Waals surface area contributed by atoms with Gasteiger partial charge in [-0.3, -0.25) is 10.1 Å². The zero-order valence-corrected chi connectivity index (χ0v) is 9.74. The fraction of sp³-hybridized carbons (Fsp3) is 0.100. The van der Waals surface area contributed by atoms with Crippen molar-refractivity contribution in [1.29, 1.82) is 0 Å². The lowest BCUT2D eigenvalue weighted by Crippen LogP contribution is -2.16. The van der Waals surface area contributed by atoms with Gasteiger partial charge < -0.3 is 10.2 Å². The Labute approximate surface area is 104 Å². The molecule has 96 valence electrons. The molecule has 1 aromatic rings. The summed E-state index contributed by atoms with van der Waals surface area (Å²) in [5, 5.41) is 28.7. The van der Waals surface area contributed by atoms with Crippen molar-refractivity contribution in [2.75, 3.05) is 0 Å². The van der Waals surface area contributed by atoms with Crippen molar-refractivity contribution in [2.45, 2.75) is 11.0 Å². The van der Waals surface area contributed by atoms with Gasteiger partial charge in [0.25, 0.3) is 5.69 Å². The van der Waals surface area contributed by atoms with Gasteiger partial charge in [0.1, 0.15) is 0 Å². The number of hydrogen-bond donors (Lipinski definition) is 2. The van der Waals surface area contributed by atoms with E-state index in [0.29, 0.717) is 0 Å². The maximum Gasteiger partial charge on any atom is 0.336 e. The van der Waals surface area contributed by atoms with Gasteiger partial charge in [0, 0.05) is 22.4 Å². The maximum absolute atomic E-state index is 11.6. The lowest BCUT2D eigenvalue weighted by molar-refractivity contribution is -0.384. The second-order valence-electron chi connectivity index (χ2n) is 3.16. The first-order chi connectivity index (χ1) is 8.41. The number of hydrogen-bond acceptors (Lipinski definition) is 5. The smallest absolute Gasteiger partial charge is 0.336 e. The average Bonchev–Trinajstić information content (AvgIpc) is 2.35. The van der Waals surface area contributed by atoms with Crippen molar-refractivity contribution in [1.82, 2.24) is 0 Å². The zero-order chi connectivity index (χ0) is 13.7. The number of carboxylic acid groups (broad SMARTS) is 1. The topological polar surface area (TPSA) is 118 Å². The highest BCUT2D eigenvalue weighted by Gasteiger charge is 2.10. The fourth-order valence-electron chi connectivity index (χ4n) is 1.01. The van der Waals surface area contributed by atoms with Crippen LogP contribution in [-0.2, 0) is 15.6 Å². The Morgan fingerprint density at radius 2 is 1.94 bits per heavy atom. The van der Waals surface area contributed by atoms with E-state index in [1.165, 1.54) is 24.3 Å². The summed E-state index contributed by atoms with van der Waals surface area (Å²) < 4.78 is 11.6. The Kier molecular flexibility index (Phi) is 4.69. The lowest BCUT2D eigenvalue weighted by Gasteiger charge is -1.98. The molecule has 0 radical (unpaired) electrons. The third kappa shape index (κ3) is 3.75. The number of carbonyl (C=O) groups is 1. The van der Waals surface area contributed by atoms with E-state index in [0.717, 1.165) is 11.5 Å². The van der Waals surface area contributed by atoms with Crippen molar-refractivity contribution >= 4 is 22.5 Å². The average molecular weight is 271 g/mol. The number of nitro groups is 1. The molecule has 18 heavy (non-hydrogen) atoms. The van der Waals surface area contributed by atoms with E-state index in [2.05, 4.69) is 0 Å². The van der Waals surface area contributed by atoms with Crippen LogP contribution in [0, 0.1) is 10.1 Å². The summed E-state index contributed by atoms with van der Waals surface area (Å²) in [5.41, 5.74) is -0.134. The quantitative estimate of drug-likeness (QED) is 0.600. The summed E-state index contributed by atoms with van der Waals surface area (Å²) in [6.45, 7) is 0. The van der Waals surface area contributed by atoms with E-state index in [-0.39, 0.29) is 10.6 Å². The summed E-state index contributed by atoms with van der Waals surface area (Å²) in [7, 11) is -1.67. The molecule has 0 aliphatic rings. The monoisotopic (exact) mass is 271 g/mol. The van der Waals surface area contributed by atoms with Crippen molar-refractivity contribution in [3.05, 3.63) is 45.9 Å². The van der Waals surface area contributed by atoms with Gasteiger partial charge in [-0.05, 0) is 18.2 Å². The molecule has 0 heterocycles. The van der Waals surface area contributed by atoms with E-state index >= 15 is 0 Å². The minimum Gasteiger partial charge on any atom is -0.479 e. The van der Waals surface area contributed by atoms with Crippen molar-refractivity contribution in [2.24, 2.45) is 0 Å². The third-order valence-corrected chi connectivity index (χ3v) is 3.06. The molecular formula is C10H9NO6S. The van der Waals surface area contributed by atoms with Gasteiger partial charge in [0.05, 0.1) is 15.7 Å². The molecule has 0 aromatic heterocycles. The van der Waals surface area contributed by atoms with Crippen molar-refractivity contribution in [3.63, 3.8) is 0 Å². The summed E-state index contributed by atoms with van der Waals surface area (Å²) in [6.07, 6.45) is -0.855. The molecule has 8 heteroatoms. The largest absolute Gasteiger partial charge is 0.479 e. The molecule has 0 saturated heterocycles. The van der Waals surface area contributed by atoms with Gasteiger partial charge in [-0.1, -0.05) is 0 Å². The first kappa shape index (κ1) is 14.0. The van der Waals surface area contributed by atoms with Crippen LogP contribution in [0.4, 0.5) is 5.69 Å². The SMILES string of the molecule is O=C(O)C(O)/C=C/S(=O)c1ccc([N+](=O)[O-])cc1. The zero-order valence-electron chi connectivity index (χ0n) is 8.92. The van der Waals surface area contributed by atoms with Gasteiger partial charge in [0.2, 0.25) is 0 Å². The summed E-state index contributed by atoms with van der Waals surface area (Å²) in [6, 6.07) is 4.97. The molecule has 0 bridgehead atoms. The fourth-order valence-corrected chi connectivity index (χ4v) is 1.86. The molecule has 2 atom stereocenters. The van der Waals surface area contributed by atoms with Crippen LogP contribution in [0.5, 0.6) is 0 Å². The van der Waals surface area contributed by atoms with Crippen LogP contribution in [-0.4, -0.2) is 31.4 Å². The minimum absolute atomic E-state index is 0.134. The van der Waals surface area contributed by atoms with Gasteiger partial charge in [-0.25, -0.2) is 9.00 Å². The standard InChI is InChI=1S/C10H9NO6S/c12-9(10(13)14)5-6-18(17)8-3-1-7(2-4-8)11(15)16/h1-6,9,12H,(H,13,14)/b6-5+. The first-order valence-electron chi connectivity index (χ1n) is 4.66. The summed E-state index contributed by atoms with van der Waals surface area (Å²) in [4.78, 5) is 20.4. The molecule has 7 nitrogen and oxygen atoms in total. The van der Waals surface area contributed by atoms with Gasteiger partial charge in [-0.2, -0.15) is 0 Å². The second-order valence-corrected chi connectivity index (χ2v) is 4.50. The summed E-state index contributed by atoms with van der Waals surface area (Å²) in [5.74, 6) is -1.45. The van der Waals surface area contributed by atoms with E-state index in [1.807, 2.05) is 0 Å². The Balaban J connectivity index is 2.79. The molecule has 0 saturated carbocycles. The number of nitrogens with zero attached hydrogens (tertiary/aromatic N) is 1. The van der Waals surface area contributed by atoms with Crippen LogP contribution in [0.1, 0.15) is 0 Å². The summed E-state index contributed by atoms with van der Waals surface area (Å²) >= 11 is 0. The van der Waals surface area contributed by atoms with Gasteiger partial charge in [0.15, 0.2) is 6.10 Å². The molecule has 0 spiro atoms. The Hall–Kier alpha value is -2.06. The molecule has 0 amide bonds. The minimum atomic E-state index is -1.73. The lowest BCUT2D eigenvalue weighted by atomic mass is 10.3. The number of aliphatic hydroxyl groups excluding tert-OH is 1. The molecule has 2 unspecified atom stereocenters. The number of non-ortho nitro benzene ring substituents is 1. The van der Waals surface area contributed by atoms with E-state index in [1.54, 1.807) is 0 Å². The molecule has 0 fully saturated rings. The predicted octanol–water partition coefficient (Wildman–Crippen LogP) is 0.662. The molecule has 1 rings (SSSR count). The van der Waals surface area contributed by atoms with Crippen LogP contribution in [0.15, 0.2) is 40.6 Å². The Bertz CT molecular complexity index is 510. The highest BCUT2D eigenvalue weighted by atomic mass is 32.2. The van der Waals surface area contributed by atoms with Crippen LogP contribution >= 0.6 is 0 Å². The van der Waals surface area contributed by atoms with Crippen molar-refractivity contribution < 1.29 is 24.1 Å². The number of aliphatic hydroxyl groups is 1. The highest BCUT2D eigenvalue weighted by molar-refractivity contribution is 7.88. The molecule has 2 N–H and O–H groups in total. The predicted molar refractivity (Wildman–Crippen MR) is 62.3 cm³/mol. The van der Waals surface area contributed by atoms with Crippen LogP contribution in [0.25, 0.3) is 0 Å². The number of nitro benzene ring substituents is 1. The first-order valence-corrected chi connectivity index (χ1v) is 5.87. The van der Waals surface area contributed by atoms with E-state index < -0.39 is 27.8 Å². The molecule has 1 aromatic carbocycles. The van der Waals surface area contributed by atoms with Crippen LogP contribution in [0.2, 0.25) is 0 Å². The second kappa shape index (κ2) is 6.03. The molecule has 0 aliphatic carbocycles.